The number of carbonyl (C=O) groups is 1. The zero-order valence-corrected chi connectivity index (χ0v) is 12.0. The Bertz CT molecular complexity index is 664. The number of methoxy groups -OCH3 is 1. The average molecular weight is 300 g/mol. The van der Waals surface area contributed by atoms with Crippen molar-refractivity contribution in [1.29, 1.82) is 0 Å². The van der Waals surface area contributed by atoms with Gasteiger partial charge in [0.15, 0.2) is 0 Å². The van der Waals surface area contributed by atoms with Crippen molar-refractivity contribution in [3.8, 4) is 0 Å². The number of ether oxygens (including phenoxy) is 1. The van der Waals surface area contributed by atoms with Gasteiger partial charge in [-0.2, -0.15) is 4.99 Å². The normalized spacial score (nSPS) is 9.38. The van der Waals surface area contributed by atoms with Crippen LogP contribution < -0.4 is 10.6 Å². The van der Waals surface area contributed by atoms with Crippen LogP contribution in [-0.2, 0) is 4.74 Å². The molecule has 0 saturated carbocycles. The number of aliphatic imine (C=N–C) groups is 1. The molecule has 2 aromatic rings. The Morgan fingerprint density at radius 3 is 2.52 bits per heavy atom. The molecule has 0 fully saturated rings. The average Bonchev–Trinajstić information content (AvgIpc) is 2.51. The highest BCUT2D eigenvalue weighted by Gasteiger charge is 2.01. The monoisotopic (exact) mass is 300 g/mol. The van der Waals surface area contributed by atoms with E-state index >= 15 is 0 Å². The second-order valence-corrected chi connectivity index (χ2v) is 4.11. The summed E-state index contributed by atoms with van der Waals surface area (Å²) in [5, 5.41) is 7.98. The van der Waals surface area contributed by atoms with Gasteiger partial charge in [0.2, 0.25) is 0 Å². The molecule has 21 heavy (non-hydrogen) atoms. The van der Waals surface area contributed by atoms with Gasteiger partial charge in [-0.3, -0.25) is 5.32 Å². The fourth-order valence-electron chi connectivity index (χ4n) is 1.53. The minimum atomic E-state index is -0.507. The van der Waals surface area contributed by atoms with Crippen LogP contribution in [0.4, 0.5) is 27.7 Å². The van der Waals surface area contributed by atoms with Gasteiger partial charge in [-0.1, -0.05) is 0 Å². The molecule has 0 atom stereocenters. The zero-order valence-electron chi connectivity index (χ0n) is 11.2. The first-order valence-corrected chi connectivity index (χ1v) is 6.38. The first-order valence-electron chi connectivity index (χ1n) is 5.97. The van der Waals surface area contributed by atoms with Gasteiger partial charge >= 0.3 is 6.09 Å². The molecule has 0 aliphatic rings. The number of benzene rings is 1. The van der Waals surface area contributed by atoms with E-state index in [0.717, 1.165) is 5.69 Å². The van der Waals surface area contributed by atoms with Crippen molar-refractivity contribution in [1.82, 2.24) is 4.98 Å². The Labute approximate surface area is 126 Å². The fraction of sp³-hybridized carbons (Fsp3) is 0.0714. The molecule has 0 bridgehead atoms. The van der Waals surface area contributed by atoms with Gasteiger partial charge in [0.1, 0.15) is 5.82 Å². The van der Waals surface area contributed by atoms with E-state index in [1.54, 1.807) is 30.5 Å². The quantitative estimate of drug-likeness (QED) is 0.664. The molecule has 0 saturated heterocycles. The Hall–Kier alpha value is -2.76. The lowest BCUT2D eigenvalue weighted by atomic mass is 10.3. The van der Waals surface area contributed by atoms with Crippen LogP contribution in [-0.4, -0.2) is 23.3 Å². The molecule has 2 rings (SSSR count). The fourth-order valence-corrected chi connectivity index (χ4v) is 1.64. The topological polar surface area (TPSA) is 75.6 Å². The molecular formula is C14H12N4O2S. The summed E-state index contributed by atoms with van der Waals surface area (Å²) in [5.74, 6) is 0.673. The second kappa shape index (κ2) is 7.14. The van der Waals surface area contributed by atoms with E-state index in [4.69, 9.17) is 0 Å². The van der Waals surface area contributed by atoms with E-state index in [0.29, 0.717) is 17.2 Å². The molecule has 1 amide bonds. The van der Waals surface area contributed by atoms with Crippen molar-refractivity contribution in [3.63, 3.8) is 0 Å². The highest BCUT2D eigenvalue weighted by Crippen LogP contribution is 2.19. The molecule has 106 valence electrons. The van der Waals surface area contributed by atoms with Crippen molar-refractivity contribution in [2.75, 3.05) is 17.7 Å². The molecular weight excluding hydrogens is 288 g/mol. The summed E-state index contributed by atoms with van der Waals surface area (Å²) < 4.78 is 4.51. The molecule has 1 heterocycles. The number of isothiocyanates is 1. The predicted octanol–water partition coefficient (Wildman–Crippen LogP) is 3.74. The summed E-state index contributed by atoms with van der Waals surface area (Å²) in [6.45, 7) is 0. The highest BCUT2D eigenvalue weighted by molar-refractivity contribution is 7.78. The van der Waals surface area contributed by atoms with E-state index in [-0.39, 0.29) is 0 Å². The van der Waals surface area contributed by atoms with Crippen LogP contribution in [0.3, 0.4) is 0 Å². The molecule has 6 nitrogen and oxygen atoms in total. The Kier molecular flexibility index (Phi) is 4.98. The van der Waals surface area contributed by atoms with Crippen LogP contribution in [0.2, 0.25) is 0 Å². The van der Waals surface area contributed by atoms with Gasteiger partial charge in [0, 0.05) is 11.4 Å². The number of amides is 1. The lowest BCUT2D eigenvalue weighted by Gasteiger charge is -2.07. The molecule has 0 aliphatic carbocycles. The van der Waals surface area contributed by atoms with Gasteiger partial charge in [0.05, 0.1) is 24.2 Å². The number of hydrogen-bond donors (Lipinski definition) is 2. The second-order valence-electron chi connectivity index (χ2n) is 3.92. The standard InChI is InChI=1S/C14H12N4O2S/c1-20-14(19)18-11-4-2-10(3-5-11)17-13-7-6-12(8-15-13)16-9-21/h2-8H,1H3,(H,15,17)(H,18,19). The zero-order chi connectivity index (χ0) is 15.1. The Morgan fingerprint density at radius 1 is 1.24 bits per heavy atom. The number of aromatic nitrogens is 1. The molecule has 0 radical (unpaired) electrons. The van der Waals surface area contributed by atoms with Crippen molar-refractivity contribution in [3.05, 3.63) is 42.6 Å². The number of hydrogen-bond acceptors (Lipinski definition) is 6. The van der Waals surface area contributed by atoms with Gasteiger partial charge in [-0.25, -0.2) is 9.78 Å². The van der Waals surface area contributed by atoms with Crippen molar-refractivity contribution in [2.45, 2.75) is 0 Å². The van der Waals surface area contributed by atoms with Crippen molar-refractivity contribution < 1.29 is 9.53 Å². The van der Waals surface area contributed by atoms with E-state index in [1.807, 2.05) is 12.1 Å². The maximum Gasteiger partial charge on any atom is 0.411 e. The summed E-state index contributed by atoms with van der Waals surface area (Å²) >= 11 is 4.52. The molecule has 7 heteroatoms. The third kappa shape index (κ3) is 4.38. The number of anilines is 3. The predicted molar refractivity (Wildman–Crippen MR) is 84.7 cm³/mol. The van der Waals surface area contributed by atoms with E-state index in [2.05, 4.69) is 42.7 Å². The maximum absolute atomic E-state index is 11.1. The van der Waals surface area contributed by atoms with Crippen LogP contribution in [0, 0.1) is 0 Å². The summed E-state index contributed by atoms with van der Waals surface area (Å²) in [4.78, 5) is 19.1. The number of rotatable bonds is 4. The van der Waals surface area contributed by atoms with Crippen LogP contribution in [0.5, 0.6) is 0 Å². The molecule has 0 spiro atoms. The van der Waals surface area contributed by atoms with E-state index in [9.17, 15) is 4.79 Å². The van der Waals surface area contributed by atoms with Crippen LogP contribution in [0.15, 0.2) is 47.6 Å². The minimum Gasteiger partial charge on any atom is -0.453 e. The van der Waals surface area contributed by atoms with Gasteiger partial charge in [0.25, 0.3) is 0 Å². The number of carbonyl (C=O) groups excluding carboxylic acids is 1. The van der Waals surface area contributed by atoms with Gasteiger partial charge in [-0.15, -0.1) is 0 Å². The first kappa shape index (κ1) is 14.6. The third-order valence-electron chi connectivity index (χ3n) is 2.51. The largest absolute Gasteiger partial charge is 0.453 e. The molecule has 1 aromatic carbocycles. The van der Waals surface area contributed by atoms with Crippen LogP contribution in [0.1, 0.15) is 0 Å². The van der Waals surface area contributed by atoms with Crippen LogP contribution >= 0.6 is 12.2 Å². The summed E-state index contributed by atoms with van der Waals surface area (Å²) in [5.41, 5.74) is 2.13. The summed E-state index contributed by atoms with van der Waals surface area (Å²) in [6.07, 6.45) is 1.08. The number of nitrogens with one attached hydrogen (secondary N) is 2. The number of thiocarbonyl (C=S) groups is 1. The summed E-state index contributed by atoms with van der Waals surface area (Å²) in [7, 11) is 1.31. The lowest BCUT2D eigenvalue weighted by Crippen LogP contribution is -2.10. The minimum absolute atomic E-state index is 0.507. The number of pyridine rings is 1. The highest BCUT2D eigenvalue weighted by atomic mass is 32.1. The molecule has 0 unspecified atom stereocenters. The van der Waals surface area contributed by atoms with Crippen LogP contribution in [0.25, 0.3) is 0 Å². The molecule has 2 N–H and O–H groups in total. The summed E-state index contributed by atoms with van der Waals surface area (Å²) in [6, 6.07) is 10.7. The van der Waals surface area contributed by atoms with E-state index < -0.39 is 6.09 Å². The third-order valence-corrected chi connectivity index (χ3v) is 2.60. The SMILES string of the molecule is COC(=O)Nc1ccc(Nc2ccc(N=C=S)cn2)cc1. The molecule has 1 aromatic heterocycles. The molecule has 0 aliphatic heterocycles. The first-order chi connectivity index (χ1) is 10.2. The van der Waals surface area contributed by atoms with Crippen molar-refractivity contribution >= 4 is 46.4 Å². The number of nitrogens with zero attached hydrogens (tertiary/aromatic N) is 2. The lowest BCUT2D eigenvalue weighted by molar-refractivity contribution is 0.187. The van der Waals surface area contributed by atoms with E-state index in [1.165, 1.54) is 7.11 Å². The van der Waals surface area contributed by atoms with Gasteiger partial charge in [-0.05, 0) is 48.6 Å². The Morgan fingerprint density at radius 2 is 1.95 bits per heavy atom. The maximum atomic E-state index is 11.1. The smallest absolute Gasteiger partial charge is 0.411 e. The van der Waals surface area contributed by atoms with Crippen molar-refractivity contribution in [2.24, 2.45) is 4.99 Å². The van der Waals surface area contributed by atoms with Gasteiger partial charge < -0.3 is 10.1 Å². The Balaban J connectivity index is 2.02.